The first-order valence-electron chi connectivity index (χ1n) is 8.80. The van der Waals surface area contributed by atoms with E-state index in [0.29, 0.717) is 6.54 Å². The number of benzene rings is 1. The SMILES string of the molecule is CCCN(C(=O)CNC(=O)[C@@H](N)C(C)C)C(CC)c1ccccc1.Cl. The molecule has 0 aromatic heterocycles. The molecule has 0 aliphatic carbocycles. The lowest BCUT2D eigenvalue weighted by atomic mass is 10.0. The van der Waals surface area contributed by atoms with E-state index in [9.17, 15) is 9.59 Å². The lowest BCUT2D eigenvalue weighted by Crippen LogP contribution is -2.48. The maximum atomic E-state index is 12.7. The van der Waals surface area contributed by atoms with Gasteiger partial charge in [0, 0.05) is 6.54 Å². The second kappa shape index (κ2) is 11.9. The summed E-state index contributed by atoms with van der Waals surface area (Å²) in [6.45, 7) is 8.54. The molecule has 2 amide bonds. The van der Waals surface area contributed by atoms with Gasteiger partial charge in [0.2, 0.25) is 11.8 Å². The van der Waals surface area contributed by atoms with Crippen LogP contribution in [0.5, 0.6) is 0 Å². The molecule has 5 nitrogen and oxygen atoms in total. The minimum absolute atomic E-state index is 0. The Bertz CT molecular complexity index is 523. The van der Waals surface area contributed by atoms with E-state index in [2.05, 4.69) is 12.2 Å². The van der Waals surface area contributed by atoms with Crippen LogP contribution in [0, 0.1) is 5.92 Å². The fraction of sp³-hybridized carbons (Fsp3) is 0.579. The minimum atomic E-state index is -0.589. The van der Waals surface area contributed by atoms with E-state index >= 15 is 0 Å². The highest BCUT2D eigenvalue weighted by atomic mass is 35.5. The first-order chi connectivity index (χ1) is 11.4. The lowest BCUT2D eigenvalue weighted by Gasteiger charge is -2.32. The molecule has 0 aliphatic heterocycles. The lowest BCUT2D eigenvalue weighted by molar-refractivity contribution is -0.135. The van der Waals surface area contributed by atoms with E-state index in [0.717, 1.165) is 18.4 Å². The van der Waals surface area contributed by atoms with Crippen molar-refractivity contribution in [1.82, 2.24) is 10.2 Å². The third kappa shape index (κ3) is 7.04. The molecule has 142 valence electrons. The topological polar surface area (TPSA) is 75.4 Å². The largest absolute Gasteiger partial charge is 0.346 e. The molecule has 0 saturated heterocycles. The van der Waals surface area contributed by atoms with Gasteiger partial charge >= 0.3 is 0 Å². The average Bonchev–Trinajstić information content (AvgIpc) is 2.59. The molecule has 1 aromatic rings. The summed E-state index contributed by atoms with van der Waals surface area (Å²) >= 11 is 0. The number of hydrogen-bond donors (Lipinski definition) is 2. The van der Waals surface area contributed by atoms with Crippen LogP contribution in [-0.2, 0) is 9.59 Å². The molecule has 2 atom stereocenters. The summed E-state index contributed by atoms with van der Waals surface area (Å²) in [5.74, 6) is -0.307. The molecule has 0 heterocycles. The Kier molecular flexibility index (Phi) is 11.1. The molecule has 0 bridgehead atoms. The summed E-state index contributed by atoms with van der Waals surface area (Å²) in [5.41, 5.74) is 6.94. The number of hydrogen-bond acceptors (Lipinski definition) is 3. The number of amides is 2. The summed E-state index contributed by atoms with van der Waals surface area (Å²) in [6.07, 6.45) is 1.70. The van der Waals surface area contributed by atoms with Crippen molar-refractivity contribution in [3.63, 3.8) is 0 Å². The molecule has 0 radical (unpaired) electrons. The third-order valence-corrected chi connectivity index (χ3v) is 4.17. The van der Waals surface area contributed by atoms with Gasteiger partial charge in [-0.25, -0.2) is 0 Å². The van der Waals surface area contributed by atoms with E-state index in [4.69, 9.17) is 5.73 Å². The minimum Gasteiger partial charge on any atom is -0.346 e. The third-order valence-electron chi connectivity index (χ3n) is 4.17. The van der Waals surface area contributed by atoms with Gasteiger partial charge in [-0.2, -0.15) is 0 Å². The molecule has 0 spiro atoms. The number of nitrogens with one attached hydrogen (secondary N) is 1. The molecule has 1 rings (SSSR count). The zero-order valence-corrected chi connectivity index (χ0v) is 16.5. The molecule has 1 unspecified atom stereocenters. The van der Waals surface area contributed by atoms with Crippen molar-refractivity contribution < 1.29 is 9.59 Å². The maximum absolute atomic E-state index is 12.7. The number of nitrogens with zero attached hydrogens (tertiary/aromatic N) is 1. The number of carbonyl (C=O) groups is 2. The van der Waals surface area contributed by atoms with Crippen LogP contribution in [0.15, 0.2) is 30.3 Å². The summed E-state index contributed by atoms with van der Waals surface area (Å²) in [7, 11) is 0. The number of rotatable bonds is 9. The Morgan fingerprint density at radius 3 is 2.24 bits per heavy atom. The monoisotopic (exact) mass is 369 g/mol. The Balaban J connectivity index is 0.00000576. The maximum Gasteiger partial charge on any atom is 0.242 e. The predicted molar refractivity (Wildman–Crippen MR) is 105 cm³/mol. The Hall–Kier alpha value is -1.59. The fourth-order valence-electron chi connectivity index (χ4n) is 2.69. The highest BCUT2D eigenvalue weighted by Gasteiger charge is 2.24. The second-order valence-corrected chi connectivity index (χ2v) is 6.41. The Labute approximate surface area is 157 Å². The molecule has 25 heavy (non-hydrogen) atoms. The number of nitrogens with two attached hydrogens (primary N) is 1. The van der Waals surface area contributed by atoms with Crippen molar-refractivity contribution in [2.75, 3.05) is 13.1 Å². The van der Waals surface area contributed by atoms with Gasteiger partial charge in [0.25, 0.3) is 0 Å². The predicted octanol–water partition coefficient (Wildman–Crippen LogP) is 2.90. The second-order valence-electron chi connectivity index (χ2n) is 6.41. The number of halogens is 1. The zero-order valence-electron chi connectivity index (χ0n) is 15.7. The molecule has 1 aromatic carbocycles. The smallest absolute Gasteiger partial charge is 0.242 e. The molecular formula is C19H32ClN3O2. The molecule has 0 aliphatic rings. The standard InChI is InChI=1S/C19H31N3O2.ClH/c1-5-12-22(16(6-2)15-10-8-7-9-11-15)17(23)13-21-19(24)18(20)14(3)4;/h7-11,14,16,18H,5-6,12-13,20H2,1-4H3,(H,21,24);1H/t16?,18-;/m0./s1. The van der Waals surface area contributed by atoms with Crippen molar-refractivity contribution in [2.24, 2.45) is 11.7 Å². The van der Waals surface area contributed by atoms with Gasteiger partial charge in [0.05, 0.1) is 18.6 Å². The van der Waals surface area contributed by atoms with Gasteiger partial charge in [-0.15, -0.1) is 12.4 Å². The summed E-state index contributed by atoms with van der Waals surface area (Å²) in [4.78, 5) is 26.5. The highest BCUT2D eigenvalue weighted by molar-refractivity contribution is 5.87. The Morgan fingerprint density at radius 1 is 1.16 bits per heavy atom. The van der Waals surface area contributed by atoms with Crippen LogP contribution in [0.1, 0.15) is 52.1 Å². The summed E-state index contributed by atoms with van der Waals surface area (Å²) in [6, 6.07) is 9.44. The van der Waals surface area contributed by atoms with Crippen LogP contribution < -0.4 is 11.1 Å². The van der Waals surface area contributed by atoms with Crippen molar-refractivity contribution in [2.45, 2.75) is 52.6 Å². The zero-order chi connectivity index (χ0) is 18.1. The van der Waals surface area contributed by atoms with Gasteiger partial charge in [-0.05, 0) is 24.3 Å². The first-order valence-corrected chi connectivity index (χ1v) is 8.80. The highest BCUT2D eigenvalue weighted by Crippen LogP contribution is 2.24. The fourth-order valence-corrected chi connectivity index (χ4v) is 2.69. The molecular weight excluding hydrogens is 338 g/mol. The van der Waals surface area contributed by atoms with Gasteiger partial charge in [-0.1, -0.05) is 58.0 Å². The van der Waals surface area contributed by atoms with Crippen LogP contribution in [0.2, 0.25) is 0 Å². The van der Waals surface area contributed by atoms with Crippen LogP contribution in [0.25, 0.3) is 0 Å². The molecule has 0 saturated carbocycles. The number of carbonyl (C=O) groups excluding carboxylic acids is 2. The molecule has 6 heteroatoms. The van der Waals surface area contributed by atoms with Crippen LogP contribution in [-0.4, -0.2) is 35.8 Å². The van der Waals surface area contributed by atoms with Crippen LogP contribution >= 0.6 is 12.4 Å². The molecule has 0 fully saturated rings. The van der Waals surface area contributed by atoms with Crippen molar-refractivity contribution >= 4 is 24.2 Å². The van der Waals surface area contributed by atoms with Crippen molar-refractivity contribution in [3.05, 3.63) is 35.9 Å². The Morgan fingerprint density at radius 2 is 1.76 bits per heavy atom. The van der Waals surface area contributed by atoms with Gasteiger partial charge in [0.1, 0.15) is 0 Å². The van der Waals surface area contributed by atoms with E-state index in [1.54, 1.807) is 0 Å². The normalized spacial score (nSPS) is 12.9. The van der Waals surface area contributed by atoms with E-state index < -0.39 is 6.04 Å². The van der Waals surface area contributed by atoms with Gasteiger partial charge in [0.15, 0.2) is 0 Å². The summed E-state index contributed by atoms with van der Waals surface area (Å²) in [5, 5.41) is 2.68. The first kappa shape index (κ1) is 23.4. The van der Waals surface area contributed by atoms with E-state index in [1.807, 2.05) is 56.0 Å². The molecule has 3 N–H and O–H groups in total. The van der Waals surface area contributed by atoms with Crippen LogP contribution in [0.4, 0.5) is 0 Å². The summed E-state index contributed by atoms with van der Waals surface area (Å²) < 4.78 is 0. The van der Waals surface area contributed by atoms with E-state index in [-0.39, 0.29) is 42.7 Å². The van der Waals surface area contributed by atoms with Gasteiger partial charge < -0.3 is 16.0 Å². The van der Waals surface area contributed by atoms with Gasteiger partial charge in [-0.3, -0.25) is 9.59 Å². The van der Waals surface area contributed by atoms with E-state index in [1.165, 1.54) is 0 Å². The van der Waals surface area contributed by atoms with Crippen molar-refractivity contribution in [3.8, 4) is 0 Å². The van der Waals surface area contributed by atoms with Crippen LogP contribution in [0.3, 0.4) is 0 Å². The van der Waals surface area contributed by atoms with Crippen molar-refractivity contribution in [1.29, 1.82) is 0 Å². The quantitative estimate of drug-likeness (QED) is 0.702. The average molecular weight is 370 g/mol.